The first-order valence-electron chi connectivity index (χ1n) is 7.73. The van der Waals surface area contributed by atoms with Crippen molar-refractivity contribution in [2.45, 2.75) is 38.8 Å². The lowest BCUT2D eigenvalue weighted by molar-refractivity contribution is 0.607. The van der Waals surface area contributed by atoms with Crippen LogP contribution in [-0.4, -0.2) is 24.0 Å². The molecular formula is C17H21FN4S. The number of rotatable bonds is 4. The zero-order valence-corrected chi connectivity index (χ0v) is 14.4. The minimum absolute atomic E-state index is 0.125. The third-order valence-electron chi connectivity index (χ3n) is 4.06. The van der Waals surface area contributed by atoms with E-state index in [4.69, 9.17) is 0 Å². The standard InChI is InChI=1S/C17H21FN4S/c1-10-16(23-11(2)21-10)9-20-17(19-3)22-15-8-13(15)12-6-4-5-7-14(12)18/h4-7,13,15H,8-9H2,1-3H3,(H2,19,20,22). The van der Waals surface area contributed by atoms with Crippen molar-refractivity contribution in [2.75, 3.05) is 7.05 Å². The number of benzene rings is 1. The van der Waals surface area contributed by atoms with Crippen molar-refractivity contribution in [1.29, 1.82) is 0 Å². The fourth-order valence-corrected chi connectivity index (χ4v) is 3.62. The molecule has 0 amide bonds. The van der Waals surface area contributed by atoms with Crippen LogP contribution in [0.3, 0.4) is 0 Å². The molecule has 1 aromatic carbocycles. The van der Waals surface area contributed by atoms with Gasteiger partial charge in [-0.3, -0.25) is 4.99 Å². The number of guanidine groups is 1. The molecule has 0 saturated heterocycles. The van der Waals surface area contributed by atoms with Crippen molar-refractivity contribution >= 4 is 17.3 Å². The summed E-state index contributed by atoms with van der Waals surface area (Å²) in [7, 11) is 1.75. The maximum absolute atomic E-state index is 13.8. The van der Waals surface area contributed by atoms with Crippen LogP contribution < -0.4 is 10.6 Å². The third kappa shape index (κ3) is 3.69. The number of nitrogens with zero attached hydrogens (tertiary/aromatic N) is 2. The number of aryl methyl sites for hydroxylation is 2. The summed E-state index contributed by atoms with van der Waals surface area (Å²) in [6.45, 7) is 4.73. The number of hydrogen-bond donors (Lipinski definition) is 2. The summed E-state index contributed by atoms with van der Waals surface area (Å²) < 4.78 is 13.8. The van der Waals surface area contributed by atoms with Crippen molar-refractivity contribution < 1.29 is 4.39 Å². The van der Waals surface area contributed by atoms with E-state index < -0.39 is 0 Å². The zero-order valence-electron chi connectivity index (χ0n) is 13.6. The molecule has 3 rings (SSSR count). The summed E-state index contributed by atoms with van der Waals surface area (Å²) in [4.78, 5) is 9.90. The molecule has 1 saturated carbocycles. The van der Waals surface area contributed by atoms with E-state index in [2.05, 4.69) is 20.6 Å². The van der Waals surface area contributed by atoms with E-state index >= 15 is 0 Å². The predicted molar refractivity (Wildman–Crippen MR) is 92.5 cm³/mol. The summed E-state index contributed by atoms with van der Waals surface area (Å²) in [5.74, 6) is 0.849. The van der Waals surface area contributed by atoms with E-state index in [1.54, 1.807) is 24.5 Å². The third-order valence-corrected chi connectivity index (χ3v) is 5.13. The van der Waals surface area contributed by atoms with E-state index in [0.717, 1.165) is 28.6 Å². The molecule has 0 spiro atoms. The summed E-state index contributed by atoms with van der Waals surface area (Å²) in [5.41, 5.74) is 1.85. The van der Waals surface area contributed by atoms with Crippen LogP contribution in [0.2, 0.25) is 0 Å². The maximum atomic E-state index is 13.8. The van der Waals surface area contributed by atoms with Crippen LogP contribution in [0.5, 0.6) is 0 Å². The van der Waals surface area contributed by atoms with Gasteiger partial charge in [-0.15, -0.1) is 11.3 Å². The lowest BCUT2D eigenvalue weighted by atomic mass is 10.1. The van der Waals surface area contributed by atoms with Gasteiger partial charge in [0.05, 0.1) is 17.2 Å². The first kappa shape index (κ1) is 15.9. The van der Waals surface area contributed by atoms with Crippen LogP contribution in [0, 0.1) is 19.7 Å². The largest absolute Gasteiger partial charge is 0.353 e. The fraction of sp³-hybridized carbons (Fsp3) is 0.412. The molecule has 1 aliphatic carbocycles. The topological polar surface area (TPSA) is 49.3 Å². The van der Waals surface area contributed by atoms with E-state index in [1.807, 2.05) is 26.0 Å². The highest BCUT2D eigenvalue weighted by molar-refractivity contribution is 7.11. The summed E-state index contributed by atoms with van der Waals surface area (Å²) in [5, 5.41) is 7.76. The van der Waals surface area contributed by atoms with E-state index in [9.17, 15) is 4.39 Å². The lowest BCUT2D eigenvalue weighted by Gasteiger charge is -2.11. The smallest absolute Gasteiger partial charge is 0.191 e. The maximum Gasteiger partial charge on any atom is 0.191 e. The summed E-state index contributed by atoms with van der Waals surface area (Å²) >= 11 is 1.69. The SMILES string of the molecule is CN=C(NCc1sc(C)nc1C)NC1CC1c1ccccc1F. The van der Waals surface area contributed by atoms with Crippen LogP contribution in [-0.2, 0) is 6.54 Å². The molecule has 2 unspecified atom stereocenters. The number of hydrogen-bond acceptors (Lipinski definition) is 3. The summed E-state index contributed by atoms with van der Waals surface area (Å²) in [6.07, 6.45) is 0.931. The average molecular weight is 332 g/mol. The van der Waals surface area contributed by atoms with Crippen LogP contribution in [0.1, 0.15) is 33.5 Å². The van der Waals surface area contributed by atoms with Gasteiger partial charge in [0.15, 0.2) is 5.96 Å². The van der Waals surface area contributed by atoms with Gasteiger partial charge in [0.2, 0.25) is 0 Å². The first-order chi connectivity index (χ1) is 11.1. The van der Waals surface area contributed by atoms with Gasteiger partial charge in [0, 0.05) is 23.9 Å². The minimum atomic E-state index is -0.125. The molecule has 1 fully saturated rings. The Hall–Kier alpha value is -1.95. The highest BCUT2D eigenvalue weighted by atomic mass is 32.1. The molecule has 1 heterocycles. The Balaban J connectivity index is 1.55. The second kappa shape index (κ2) is 6.66. The molecule has 2 aromatic rings. The minimum Gasteiger partial charge on any atom is -0.353 e. The van der Waals surface area contributed by atoms with E-state index in [0.29, 0.717) is 6.54 Å². The normalized spacial score (nSPS) is 20.4. The van der Waals surface area contributed by atoms with Crippen molar-refractivity contribution in [3.05, 3.63) is 51.2 Å². The van der Waals surface area contributed by atoms with Gasteiger partial charge in [0.1, 0.15) is 5.82 Å². The van der Waals surface area contributed by atoms with E-state index in [-0.39, 0.29) is 17.8 Å². The molecule has 1 aromatic heterocycles. The average Bonchev–Trinajstić information content (AvgIpc) is 3.21. The first-order valence-corrected chi connectivity index (χ1v) is 8.54. The monoisotopic (exact) mass is 332 g/mol. The highest BCUT2D eigenvalue weighted by Crippen LogP contribution is 2.41. The van der Waals surface area contributed by atoms with Crippen molar-refractivity contribution in [3.8, 4) is 0 Å². The fourth-order valence-electron chi connectivity index (χ4n) is 2.75. The Morgan fingerprint density at radius 3 is 2.83 bits per heavy atom. The van der Waals surface area contributed by atoms with Gasteiger partial charge in [-0.2, -0.15) is 0 Å². The Morgan fingerprint density at radius 1 is 1.39 bits per heavy atom. The molecule has 2 atom stereocenters. The molecule has 0 bridgehead atoms. The number of thiazole rings is 1. The molecule has 4 nitrogen and oxygen atoms in total. The van der Waals surface area contributed by atoms with Crippen molar-refractivity contribution in [1.82, 2.24) is 15.6 Å². The molecule has 6 heteroatoms. The van der Waals surface area contributed by atoms with Gasteiger partial charge >= 0.3 is 0 Å². The Labute approximate surface area is 139 Å². The quantitative estimate of drug-likeness (QED) is 0.668. The number of halogens is 1. The molecule has 1 aliphatic rings. The van der Waals surface area contributed by atoms with Gasteiger partial charge < -0.3 is 10.6 Å². The van der Waals surface area contributed by atoms with Gasteiger partial charge in [-0.05, 0) is 31.9 Å². The summed E-state index contributed by atoms with van der Waals surface area (Å²) in [6, 6.07) is 7.23. The van der Waals surface area contributed by atoms with Crippen LogP contribution in [0.15, 0.2) is 29.3 Å². The van der Waals surface area contributed by atoms with Crippen LogP contribution in [0.25, 0.3) is 0 Å². The second-order valence-corrected chi connectivity index (χ2v) is 7.07. The van der Waals surface area contributed by atoms with E-state index in [1.165, 1.54) is 10.9 Å². The van der Waals surface area contributed by atoms with Crippen molar-refractivity contribution in [3.63, 3.8) is 0 Å². The molecule has 122 valence electrons. The van der Waals surface area contributed by atoms with Crippen LogP contribution >= 0.6 is 11.3 Å². The van der Waals surface area contributed by atoms with Gasteiger partial charge in [0.25, 0.3) is 0 Å². The van der Waals surface area contributed by atoms with Gasteiger partial charge in [-0.1, -0.05) is 18.2 Å². The molecule has 0 aliphatic heterocycles. The predicted octanol–water partition coefficient (Wildman–Crippen LogP) is 3.12. The van der Waals surface area contributed by atoms with Gasteiger partial charge in [-0.25, -0.2) is 9.37 Å². The Bertz CT molecular complexity index is 725. The molecule has 2 N–H and O–H groups in total. The number of aliphatic imine (C=N–C) groups is 1. The Kier molecular flexibility index (Phi) is 4.61. The highest BCUT2D eigenvalue weighted by Gasteiger charge is 2.40. The van der Waals surface area contributed by atoms with Crippen molar-refractivity contribution in [2.24, 2.45) is 4.99 Å². The molecular weight excluding hydrogens is 311 g/mol. The second-order valence-electron chi connectivity index (χ2n) is 5.78. The number of nitrogens with one attached hydrogen (secondary N) is 2. The molecule has 0 radical (unpaired) electrons. The lowest BCUT2D eigenvalue weighted by Crippen LogP contribution is -2.38. The molecule has 23 heavy (non-hydrogen) atoms. The Morgan fingerprint density at radius 2 is 2.17 bits per heavy atom. The van der Waals surface area contributed by atoms with Crippen LogP contribution in [0.4, 0.5) is 4.39 Å². The zero-order chi connectivity index (χ0) is 16.4. The number of aromatic nitrogens is 1.